The number of nitrogens with zero attached hydrogens (tertiary/aromatic N) is 3. The first-order valence-electron chi connectivity index (χ1n) is 12.0. The number of hydrogen-bond donors (Lipinski definition) is 1. The Bertz CT molecular complexity index is 1220. The van der Waals surface area contributed by atoms with Gasteiger partial charge in [0.25, 0.3) is 5.91 Å². The maximum Gasteiger partial charge on any atom is 0.259 e. The van der Waals surface area contributed by atoms with Crippen LogP contribution in [-0.4, -0.2) is 64.7 Å². The van der Waals surface area contributed by atoms with Gasteiger partial charge in [0, 0.05) is 37.3 Å². The van der Waals surface area contributed by atoms with E-state index < -0.39 is 6.04 Å². The lowest BCUT2D eigenvalue weighted by Crippen LogP contribution is -2.49. The number of pyridine rings is 1. The van der Waals surface area contributed by atoms with Gasteiger partial charge >= 0.3 is 0 Å². The van der Waals surface area contributed by atoms with Crippen molar-refractivity contribution in [1.29, 1.82) is 0 Å². The zero-order valence-corrected chi connectivity index (χ0v) is 20.7. The molecule has 0 spiro atoms. The van der Waals surface area contributed by atoms with E-state index in [1.165, 1.54) is 24.3 Å². The molecule has 0 fully saturated rings. The van der Waals surface area contributed by atoms with Crippen LogP contribution in [0.1, 0.15) is 29.8 Å². The highest BCUT2D eigenvalue weighted by Crippen LogP contribution is 2.30. The summed E-state index contributed by atoms with van der Waals surface area (Å²) >= 11 is 0. The number of aromatic nitrogens is 1. The monoisotopic (exact) mass is 495 g/mol. The molecule has 1 N–H and O–H groups in total. The number of rotatable bonds is 7. The highest BCUT2D eigenvalue weighted by atomic mass is 19.1. The summed E-state index contributed by atoms with van der Waals surface area (Å²) in [5, 5.41) is 9.84. The van der Waals surface area contributed by atoms with Crippen LogP contribution in [0, 0.1) is 17.6 Å². The third-order valence-corrected chi connectivity index (χ3v) is 6.51. The van der Waals surface area contributed by atoms with E-state index in [-0.39, 0.29) is 47.6 Å². The Kier molecular flexibility index (Phi) is 7.96. The molecule has 0 saturated carbocycles. The third kappa shape index (κ3) is 5.88. The fraction of sp³-hybridized carbons (Fsp3) is 0.357. The molecule has 190 valence electrons. The molecule has 3 atom stereocenters. The number of likely N-dealkylation sites (N-methyl/N-ethyl adjacent to an activating group) is 1. The molecule has 8 heteroatoms. The van der Waals surface area contributed by atoms with Crippen LogP contribution in [0.2, 0.25) is 0 Å². The Hall–Kier alpha value is -3.36. The molecule has 1 aromatic heterocycles. The number of halogens is 2. The predicted octanol–water partition coefficient (Wildman–Crippen LogP) is 4.38. The van der Waals surface area contributed by atoms with E-state index in [0.717, 1.165) is 5.56 Å². The van der Waals surface area contributed by atoms with Gasteiger partial charge in [-0.15, -0.1) is 0 Å². The molecule has 1 amide bonds. The fourth-order valence-corrected chi connectivity index (χ4v) is 4.46. The zero-order chi connectivity index (χ0) is 25.8. The molecular weight excluding hydrogens is 464 g/mol. The first-order valence-corrected chi connectivity index (χ1v) is 12.0. The van der Waals surface area contributed by atoms with Gasteiger partial charge in [-0.25, -0.2) is 13.8 Å². The quantitative estimate of drug-likeness (QED) is 0.527. The van der Waals surface area contributed by atoms with E-state index in [1.54, 1.807) is 42.3 Å². The van der Waals surface area contributed by atoms with E-state index >= 15 is 0 Å². The molecule has 0 unspecified atom stereocenters. The summed E-state index contributed by atoms with van der Waals surface area (Å²) in [6.45, 7) is 5.02. The van der Waals surface area contributed by atoms with Crippen LogP contribution in [0.4, 0.5) is 8.78 Å². The van der Waals surface area contributed by atoms with Crippen molar-refractivity contribution in [2.45, 2.75) is 32.5 Å². The molecule has 4 rings (SSSR count). The van der Waals surface area contributed by atoms with Crippen molar-refractivity contribution in [1.82, 2.24) is 14.8 Å². The summed E-state index contributed by atoms with van der Waals surface area (Å²) in [6, 6.07) is 13.8. The van der Waals surface area contributed by atoms with Crippen molar-refractivity contribution in [2.75, 3.05) is 26.7 Å². The van der Waals surface area contributed by atoms with E-state index in [0.29, 0.717) is 30.8 Å². The number of aliphatic hydroxyl groups excluding tert-OH is 1. The molecule has 2 heterocycles. The van der Waals surface area contributed by atoms with Gasteiger partial charge in [-0.05, 0) is 55.4 Å². The molecule has 36 heavy (non-hydrogen) atoms. The minimum atomic E-state index is -0.408. The molecule has 6 nitrogen and oxygen atoms in total. The number of benzene rings is 2. The van der Waals surface area contributed by atoms with Crippen molar-refractivity contribution in [3.8, 4) is 17.0 Å². The zero-order valence-electron chi connectivity index (χ0n) is 20.7. The summed E-state index contributed by atoms with van der Waals surface area (Å²) in [5.41, 5.74) is 2.30. The number of fused-ring (bicyclic) bond motifs is 1. The van der Waals surface area contributed by atoms with Crippen molar-refractivity contribution in [3.63, 3.8) is 0 Å². The van der Waals surface area contributed by atoms with Gasteiger partial charge in [0.1, 0.15) is 23.3 Å². The summed E-state index contributed by atoms with van der Waals surface area (Å²) in [4.78, 5) is 21.7. The van der Waals surface area contributed by atoms with Gasteiger partial charge in [-0.1, -0.05) is 31.2 Å². The molecule has 0 radical (unpaired) electrons. The second-order valence-corrected chi connectivity index (χ2v) is 9.54. The smallest absolute Gasteiger partial charge is 0.259 e. The van der Waals surface area contributed by atoms with Crippen LogP contribution in [0.3, 0.4) is 0 Å². The van der Waals surface area contributed by atoms with Gasteiger partial charge < -0.3 is 14.7 Å². The maximum atomic E-state index is 13.8. The standard InChI is InChI=1S/C28H31F2N3O3/c1-18-14-33(19(2)17-34)28(35)25-12-22(21-7-5-9-24(30)11-21)13-31-27(25)36-26(18)16-32(3)15-20-6-4-8-23(29)10-20/h4-13,18-19,26,34H,14-17H2,1-3H3/t18-,19-,26+/m1/s1. The van der Waals surface area contributed by atoms with E-state index in [4.69, 9.17) is 4.74 Å². The summed E-state index contributed by atoms with van der Waals surface area (Å²) in [7, 11) is 1.93. The molecule has 0 saturated heterocycles. The maximum absolute atomic E-state index is 13.8. The Morgan fingerprint density at radius 1 is 1.14 bits per heavy atom. The van der Waals surface area contributed by atoms with E-state index in [1.807, 2.05) is 24.9 Å². The Morgan fingerprint density at radius 3 is 2.56 bits per heavy atom. The van der Waals surface area contributed by atoms with E-state index in [9.17, 15) is 18.7 Å². The number of carbonyl (C=O) groups excluding carboxylic acids is 1. The van der Waals surface area contributed by atoms with Crippen molar-refractivity contribution < 1.29 is 23.4 Å². The second-order valence-electron chi connectivity index (χ2n) is 9.54. The Balaban J connectivity index is 1.65. The number of amides is 1. The number of ether oxygens (including phenoxy) is 1. The topological polar surface area (TPSA) is 65.9 Å². The van der Waals surface area contributed by atoms with Crippen LogP contribution >= 0.6 is 0 Å². The molecule has 2 aromatic carbocycles. The normalized spacial score (nSPS) is 18.9. The lowest BCUT2D eigenvalue weighted by atomic mass is 9.99. The number of carbonyl (C=O) groups is 1. The third-order valence-electron chi connectivity index (χ3n) is 6.51. The van der Waals surface area contributed by atoms with Crippen molar-refractivity contribution >= 4 is 5.91 Å². The van der Waals surface area contributed by atoms with Crippen LogP contribution < -0.4 is 4.74 Å². The predicted molar refractivity (Wildman–Crippen MR) is 134 cm³/mol. The largest absolute Gasteiger partial charge is 0.472 e. The highest BCUT2D eigenvalue weighted by molar-refractivity contribution is 5.98. The highest BCUT2D eigenvalue weighted by Gasteiger charge is 2.34. The van der Waals surface area contributed by atoms with Crippen LogP contribution in [-0.2, 0) is 6.54 Å². The minimum Gasteiger partial charge on any atom is -0.472 e. The SMILES string of the molecule is C[C@@H]1CN([C@H](C)CO)C(=O)c2cc(-c3cccc(F)c3)cnc2O[C@H]1CN(C)Cc1cccc(F)c1. The van der Waals surface area contributed by atoms with Crippen molar-refractivity contribution in [3.05, 3.63) is 83.6 Å². The average molecular weight is 496 g/mol. The summed E-state index contributed by atoms with van der Waals surface area (Å²) in [5.74, 6) is -0.833. The second kappa shape index (κ2) is 11.1. The van der Waals surface area contributed by atoms with Crippen LogP contribution in [0.5, 0.6) is 5.88 Å². The van der Waals surface area contributed by atoms with E-state index in [2.05, 4.69) is 4.98 Å². The van der Waals surface area contributed by atoms with Gasteiger partial charge in [0.15, 0.2) is 0 Å². The number of aliphatic hydroxyl groups is 1. The van der Waals surface area contributed by atoms with Gasteiger partial charge in [0.2, 0.25) is 5.88 Å². The van der Waals surface area contributed by atoms with Gasteiger partial charge in [-0.2, -0.15) is 0 Å². The summed E-state index contributed by atoms with van der Waals surface area (Å²) < 4.78 is 33.8. The first kappa shape index (κ1) is 25.7. The fourth-order valence-electron chi connectivity index (χ4n) is 4.46. The minimum absolute atomic E-state index is 0.0734. The lowest BCUT2D eigenvalue weighted by molar-refractivity contribution is 0.0325. The summed E-state index contributed by atoms with van der Waals surface area (Å²) in [6.07, 6.45) is 1.25. The molecule has 3 aromatic rings. The Labute approximate surface area is 210 Å². The average Bonchev–Trinajstić information content (AvgIpc) is 2.85. The lowest BCUT2D eigenvalue weighted by Gasteiger charge is -2.37. The van der Waals surface area contributed by atoms with Crippen molar-refractivity contribution in [2.24, 2.45) is 5.92 Å². The first-order chi connectivity index (χ1) is 17.2. The van der Waals surface area contributed by atoms with Gasteiger partial charge in [-0.3, -0.25) is 9.69 Å². The Morgan fingerprint density at radius 2 is 1.86 bits per heavy atom. The van der Waals surface area contributed by atoms with Gasteiger partial charge in [0.05, 0.1) is 12.6 Å². The molecule has 1 aliphatic rings. The molecule has 1 aliphatic heterocycles. The molecule has 0 bridgehead atoms. The molecule has 0 aliphatic carbocycles. The molecular formula is C28H31F2N3O3. The number of hydrogen-bond acceptors (Lipinski definition) is 5. The van der Waals surface area contributed by atoms with Crippen LogP contribution in [0.25, 0.3) is 11.1 Å². The van der Waals surface area contributed by atoms with Crippen LogP contribution in [0.15, 0.2) is 60.8 Å².